The zero-order valence-electron chi connectivity index (χ0n) is 20.4. The number of carbonyl (C=O) groups is 1. The molecular formula is C23H31F5N8O. The molecule has 9 nitrogen and oxygen atoms in total. The maximum atomic E-state index is 13.2. The summed E-state index contributed by atoms with van der Waals surface area (Å²) in [5.41, 5.74) is 8.43. The van der Waals surface area contributed by atoms with Crippen LogP contribution in [0, 0.1) is 0 Å². The van der Waals surface area contributed by atoms with E-state index in [1.807, 2.05) is 0 Å². The quantitative estimate of drug-likeness (QED) is 0.306. The lowest BCUT2D eigenvalue weighted by Crippen LogP contribution is -2.26. The summed E-state index contributed by atoms with van der Waals surface area (Å²) in [5, 5.41) is 9.76. The molecular weight excluding hydrogens is 499 g/mol. The van der Waals surface area contributed by atoms with Crippen molar-refractivity contribution in [1.29, 1.82) is 0 Å². The Hall–Kier alpha value is -3.29. The van der Waals surface area contributed by atoms with Crippen molar-refractivity contribution in [2.45, 2.75) is 83.0 Å². The molecule has 0 aromatic carbocycles. The number of hydrogen-bond acceptors (Lipinski definition) is 6. The highest BCUT2D eigenvalue weighted by Crippen LogP contribution is 2.39. The van der Waals surface area contributed by atoms with Gasteiger partial charge in [-0.1, -0.05) is 45.4 Å². The molecule has 37 heavy (non-hydrogen) atoms. The molecule has 5 rings (SSSR count). The number of hydrogen-bond donors (Lipinski definition) is 3. The first kappa shape index (κ1) is 28.3. The molecule has 5 N–H and O–H groups in total. The van der Waals surface area contributed by atoms with Crippen LogP contribution in [0.4, 0.5) is 33.5 Å². The Morgan fingerprint density at radius 2 is 1.68 bits per heavy atom. The summed E-state index contributed by atoms with van der Waals surface area (Å²) in [5.74, 6) is -0.603. The van der Waals surface area contributed by atoms with Crippen molar-refractivity contribution >= 4 is 23.1 Å². The lowest BCUT2D eigenvalue weighted by atomic mass is 10.0. The maximum Gasteiger partial charge on any atom is 0.437 e. The van der Waals surface area contributed by atoms with Crippen molar-refractivity contribution in [2.24, 2.45) is 5.73 Å². The Morgan fingerprint density at radius 3 is 2.16 bits per heavy atom. The van der Waals surface area contributed by atoms with E-state index in [0.717, 1.165) is 12.8 Å². The standard InChI is InChI=1S/C14H12F3N7O.C6H12.C3H7F2N/c15-14(16,17)11-9(6-24(22-11)7-1-2-7)20-13(25)8-5-19-23-4-3-10(18)21-12(8)23;1-2-4-6-5-3-1;1-2-3(4,5)6/h3-7H,1-2H2,(H2,18,21)(H,20,25);1-6H2;2,6H2,1H3. The summed E-state index contributed by atoms with van der Waals surface area (Å²) >= 11 is 0. The monoisotopic (exact) mass is 530 g/mol. The third-order valence-electron chi connectivity index (χ3n) is 5.78. The van der Waals surface area contributed by atoms with Crippen LogP contribution in [-0.2, 0) is 6.18 Å². The first-order valence-electron chi connectivity index (χ1n) is 12.1. The Morgan fingerprint density at radius 1 is 1.11 bits per heavy atom. The van der Waals surface area contributed by atoms with Crippen LogP contribution in [0.15, 0.2) is 24.7 Å². The van der Waals surface area contributed by atoms with Gasteiger partial charge in [-0.3, -0.25) is 15.2 Å². The molecule has 2 fully saturated rings. The lowest BCUT2D eigenvalue weighted by Gasteiger charge is -2.07. The second-order valence-corrected chi connectivity index (χ2v) is 8.97. The Balaban J connectivity index is 0.000000262. The molecule has 0 spiro atoms. The molecule has 2 aliphatic rings. The molecule has 0 radical (unpaired) electrons. The predicted molar refractivity (Wildman–Crippen MR) is 128 cm³/mol. The Bertz CT molecular complexity index is 1160. The van der Waals surface area contributed by atoms with Crippen molar-refractivity contribution in [3.05, 3.63) is 35.9 Å². The van der Waals surface area contributed by atoms with E-state index in [1.165, 1.54) is 79.3 Å². The summed E-state index contributed by atoms with van der Waals surface area (Å²) in [6.45, 7) is 1.33. The van der Waals surface area contributed by atoms with E-state index >= 15 is 0 Å². The molecule has 2 aliphatic carbocycles. The second kappa shape index (κ2) is 11.8. The summed E-state index contributed by atoms with van der Waals surface area (Å²) in [6, 6.07) is -1.52. The molecule has 3 heterocycles. The lowest BCUT2D eigenvalue weighted by molar-refractivity contribution is -0.140. The van der Waals surface area contributed by atoms with Gasteiger partial charge in [-0.2, -0.15) is 32.1 Å². The summed E-state index contributed by atoms with van der Waals surface area (Å²) in [4.78, 5) is 16.4. The van der Waals surface area contributed by atoms with Gasteiger partial charge < -0.3 is 11.1 Å². The Kier molecular flexibility index (Phi) is 9.05. The number of anilines is 2. The number of aromatic nitrogens is 5. The minimum absolute atomic E-state index is 0.0135. The number of halogens is 5. The zero-order valence-corrected chi connectivity index (χ0v) is 20.4. The third-order valence-corrected chi connectivity index (χ3v) is 5.78. The number of nitrogens with one attached hydrogen (secondary N) is 1. The fourth-order valence-electron chi connectivity index (χ4n) is 3.51. The number of alkyl halides is 5. The highest BCUT2D eigenvalue weighted by atomic mass is 19.4. The summed E-state index contributed by atoms with van der Waals surface area (Å²) < 4.78 is 64.5. The van der Waals surface area contributed by atoms with E-state index in [9.17, 15) is 26.7 Å². The van der Waals surface area contributed by atoms with Gasteiger partial charge >= 0.3 is 6.18 Å². The van der Waals surface area contributed by atoms with Gasteiger partial charge in [-0.25, -0.2) is 9.50 Å². The average Bonchev–Trinajstić information content (AvgIpc) is 3.47. The van der Waals surface area contributed by atoms with Crippen molar-refractivity contribution in [1.82, 2.24) is 24.4 Å². The first-order valence-corrected chi connectivity index (χ1v) is 12.1. The molecule has 0 atom stereocenters. The molecule has 2 saturated carbocycles. The second-order valence-electron chi connectivity index (χ2n) is 8.97. The van der Waals surface area contributed by atoms with Crippen LogP contribution >= 0.6 is 0 Å². The van der Waals surface area contributed by atoms with E-state index in [0.29, 0.717) is 0 Å². The smallest absolute Gasteiger partial charge is 0.384 e. The minimum atomic E-state index is -4.67. The van der Waals surface area contributed by atoms with Crippen LogP contribution in [0.2, 0.25) is 0 Å². The molecule has 0 unspecified atom stereocenters. The van der Waals surface area contributed by atoms with Crippen molar-refractivity contribution in [3.8, 4) is 0 Å². The van der Waals surface area contributed by atoms with Crippen LogP contribution in [0.1, 0.15) is 86.8 Å². The third kappa shape index (κ3) is 8.37. The number of fused-ring (bicyclic) bond motifs is 1. The minimum Gasteiger partial charge on any atom is -0.384 e. The van der Waals surface area contributed by atoms with Crippen LogP contribution < -0.4 is 16.8 Å². The molecule has 0 saturated heterocycles. The van der Waals surface area contributed by atoms with Gasteiger partial charge in [0.15, 0.2) is 11.3 Å². The van der Waals surface area contributed by atoms with E-state index in [1.54, 1.807) is 0 Å². The fraction of sp³-hybridized carbons (Fsp3) is 0.565. The fourth-order valence-corrected chi connectivity index (χ4v) is 3.51. The van der Waals surface area contributed by atoms with Crippen LogP contribution in [0.3, 0.4) is 0 Å². The zero-order chi connectivity index (χ0) is 27.2. The number of amides is 1. The van der Waals surface area contributed by atoms with Crippen molar-refractivity contribution in [3.63, 3.8) is 0 Å². The SMILES string of the molecule is C1CCCCC1.CCC(N)(F)F.Nc1ccn2ncc(C(=O)Nc3cn(C4CC4)nc3C(F)(F)F)c2n1. The van der Waals surface area contributed by atoms with Gasteiger partial charge in [0, 0.05) is 18.8 Å². The van der Waals surface area contributed by atoms with Gasteiger partial charge in [0.1, 0.15) is 11.4 Å². The maximum absolute atomic E-state index is 13.2. The Labute approximate surface area is 210 Å². The van der Waals surface area contributed by atoms with Crippen LogP contribution in [0.25, 0.3) is 5.65 Å². The number of nitrogen functional groups attached to an aromatic ring is 1. The molecule has 1 amide bonds. The largest absolute Gasteiger partial charge is 0.437 e. The number of rotatable bonds is 4. The van der Waals surface area contributed by atoms with Crippen LogP contribution in [0.5, 0.6) is 0 Å². The normalized spacial score (nSPS) is 15.9. The predicted octanol–water partition coefficient (Wildman–Crippen LogP) is 5.40. The van der Waals surface area contributed by atoms with Gasteiger partial charge in [0.2, 0.25) is 0 Å². The summed E-state index contributed by atoms with van der Waals surface area (Å²) in [6.07, 6.45) is 9.50. The van der Waals surface area contributed by atoms with E-state index in [-0.39, 0.29) is 29.5 Å². The van der Waals surface area contributed by atoms with E-state index in [2.05, 4.69) is 26.2 Å². The van der Waals surface area contributed by atoms with Crippen molar-refractivity contribution in [2.75, 3.05) is 11.1 Å². The molecule has 3 aromatic heterocycles. The van der Waals surface area contributed by atoms with E-state index in [4.69, 9.17) is 5.73 Å². The molecule has 3 aromatic rings. The number of nitrogens with two attached hydrogens (primary N) is 2. The summed E-state index contributed by atoms with van der Waals surface area (Å²) in [7, 11) is 0. The molecule has 14 heteroatoms. The number of nitrogens with zero attached hydrogens (tertiary/aromatic N) is 5. The average molecular weight is 531 g/mol. The highest BCUT2D eigenvalue weighted by Gasteiger charge is 2.39. The molecule has 0 bridgehead atoms. The highest BCUT2D eigenvalue weighted by molar-refractivity contribution is 6.08. The first-order chi connectivity index (χ1) is 17.4. The van der Waals surface area contributed by atoms with Gasteiger partial charge in [-0.15, -0.1) is 0 Å². The van der Waals surface area contributed by atoms with Crippen molar-refractivity contribution < 1.29 is 26.7 Å². The molecule has 0 aliphatic heterocycles. The van der Waals surface area contributed by atoms with Gasteiger partial charge in [0.05, 0.1) is 17.9 Å². The molecule has 204 valence electrons. The van der Waals surface area contributed by atoms with Gasteiger partial charge in [0.25, 0.3) is 12.0 Å². The van der Waals surface area contributed by atoms with Gasteiger partial charge in [-0.05, 0) is 18.9 Å². The topological polar surface area (TPSA) is 129 Å². The van der Waals surface area contributed by atoms with E-state index < -0.39 is 29.5 Å². The number of carbonyl (C=O) groups excluding carboxylic acids is 1. The van der Waals surface area contributed by atoms with Crippen LogP contribution in [-0.4, -0.2) is 36.3 Å².